The van der Waals surface area contributed by atoms with Crippen molar-refractivity contribution < 1.29 is 19.9 Å². The first kappa shape index (κ1) is 29.6. The Hall–Kier alpha value is -0.386. The Kier molecular flexibility index (Phi) is 15.2. The summed E-state index contributed by atoms with van der Waals surface area (Å²) in [6, 6.07) is 15.3. The van der Waals surface area contributed by atoms with Crippen LogP contribution in [0.1, 0.15) is 16.2 Å². The fourth-order valence-corrected chi connectivity index (χ4v) is 3.60. The van der Waals surface area contributed by atoms with Gasteiger partial charge in [-0.1, -0.05) is 58.8 Å². The first-order valence-corrected chi connectivity index (χ1v) is 11.3. The van der Waals surface area contributed by atoms with Gasteiger partial charge >= 0.3 is 0 Å². The van der Waals surface area contributed by atoms with E-state index in [0.29, 0.717) is 11.6 Å². The molecule has 0 saturated heterocycles. The van der Waals surface area contributed by atoms with Gasteiger partial charge in [0.05, 0.1) is 1.37 Å². The molecule has 1 radical (unpaired) electrons. The maximum atomic E-state index is 7.57. The van der Waals surface area contributed by atoms with Gasteiger partial charge in [-0.05, 0) is 63.1 Å². The molecule has 0 spiro atoms. The molecule has 0 bridgehead atoms. The molecule has 4 rings (SSSR count). The minimum Gasteiger partial charge on any atom is -0.384 e. The van der Waals surface area contributed by atoms with Gasteiger partial charge in [0.15, 0.2) is 0 Å². The van der Waals surface area contributed by atoms with Gasteiger partial charge in [0.25, 0.3) is 0 Å². The van der Waals surface area contributed by atoms with Crippen molar-refractivity contribution in [1.29, 1.82) is 0 Å². The van der Waals surface area contributed by atoms with Crippen LogP contribution >= 0.6 is 70.4 Å². The van der Waals surface area contributed by atoms with Crippen LogP contribution in [0.15, 0.2) is 68.3 Å². The molecule has 0 aliphatic heterocycles. The number of anilines is 2. The van der Waals surface area contributed by atoms with E-state index in [1.807, 2.05) is 65.1 Å². The Morgan fingerprint density at radius 2 is 1.33 bits per heavy atom. The molecule has 9 heteroatoms. The fraction of sp³-hybridized carbons (Fsp3) is 0.0952. The molecule has 30 heavy (non-hydrogen) atoms. The number of nitrogens with zero attached hydrogens (tertiary/aromatic N) is 2. The molecule has 4 nitrogen and oxygen atoms in total. The number of halogens is 4. The smallest absolute Gasteiger partial charge is 0.125 e. The minimum absolute atomic E-state index is 0. The third-order valence-corrected chi connectivity index (χ3v) is 4.98. The number of hydrogen-bond donors (Lipinski definition) is 2. The molecule has 0 atom stereocenters. The molecule has 2 heterocycles. The monoisotopic (exact) mass is 747 g/mol. The molecule has 0 unspecified atom stereocenters. The average molecular weight is 750 g/mol. The predicted molar refractivity (Wildman–Crippen MR) is 148 cm³/mol. The Labute approximate surface area is 230 Å². The van der Waals surface area contributed by atoms with Crippen molar-refractivity contribution in [3.63, 3.8) is 0 Å². The van der Waals surface area contributed by atoms with E-state index in [1.165, 1.54) is 0 Å². The summed E-state index contributed by atoms with van der Waals surface area (Å²) in [6.45, 7) is 0. The normalized spacial score (nSPS) is 9.43. The summed E-state index contributed by atoms with van der Waals surface area (Å²) in [5, 5.41) is 3.90. The summed E-state index contributed by atoms with van der Waals surface area (Å²) < 4.78 is 10.4. The van der Waals surface area contributed by atoms with Crippen LogP contribution in [0, 0.1) is 4.93 Å². The van der Waals surface area contributed by atoms with Crippen molar-refractivity contribution in [3.8, 4) is 0 Å². The Morgan fingerprint density at radius 1 is 0.800 bits per heavy atom. The van der Waals surface area contributed by atoms with E-state index in [0.717, 1.165) is 35.1 Å². The van der Waals surface area contributed by atoms with E-state index in [1.54, 1.807) is 6.07 Å². The Balaban J connectivity index is 0. The third kappa shape index (κ3) is 9.00. The topological polar surface area (TPSA) is 77.8 Å². The van der Waals surface area contributed by atoms with E-state index in [4.69, 9.17) is 12.8 Å². The van der Waals surface area contributed by atoms with Crippen LogP contribution in [0.2, 0.25) is 0 Å². The van der Waals surface area contributed by atoms with E-state index < -0.39 is 0 Å². The minimum atomic E-state index is 0. The predicted octanol–water partition coefficient (Wildman–Crippen LogP) is 8.40. The largest absolute Gasteiger partial charge is 0.384 e. The molecule has 4 N–H and O–H groups in total. The number of fused-ring (bicyclic) bond motifs is 2. The van der Waals surface area contributed by atoms with Crippen molar-refractivity contribution >= 4 is 104 Å². The van der Waals surface area contributed by atoms with Crippen molar-refractivity contribution in [2.24, 2.45) is 0 Å². The van der Waals surface area contributed by atoms with Crippen LogP contribution in [-0.2, 0) is 18.6 Å². The molecule has 0 fully saturated rings. The molecular weight excluding hydrogens is 726 g/mol. The zero-order chi connectivity index (χ0) is 20.8. The van der Waals surface area contributed by atoms with E-state index >= 15 is 0 Å². The number of aromatic nitrogens is 2. The summed E-state index contributed by atoms with van der Waals surface area (Å²) in [5.41, 5.74) is 11.1. The standard InChI is InChI=1S/C9H6Br2N2.C9H7BrN2.CH2I.2CH4.V/c10-6-1-2-7-5(3-6)4-8(12)13-9(7)11;10-8-2-1-6-5-12-9(11)4-7(6)3-8;1-2;;;/h1-4H,(H2,12,13);1-5H,(H2,11,12);1H2;2*1H4;/q;;-1;;;/i;5D;;;;. The van der Waals surface area contributed by atoms with Gasteiger partial charge < -0.3 is 34.1 Å². The van der Waals surface area contributed by atoms with Crippen LogP contribution in [-0.4, -0.2) is 9.97 Å². The van der Waals surface area contributed by atoms with Crippen LogP contribution in [0.5, 0.6) is 0 Å². The molecule has 0 amide bonds. The zero-order valence-corrected chi connectivity index (χ0v) is 22.6. The first-order chi connectivity index (χ1) is 13.3. The van der Waals surface area contributed by atoms with Crippen LogP contribution in [0.4, 0.5) is 11.6 Å². The van der Waals surface area contributed by atoms with Gasteiger partial charge in [-0.3, -0.25) is 4.93 Å². The maximum absolute atomic E-state index is 7.57. The van der Waals surface area contributed by atoms with E-state index in [2.05, 4.69) is 62.7 Å². The number of nitrogens with two attached hydrogens (primary N) is 2. The molecule has 0 saturated carbocycles. The molecule has 2 aromatic heterocycles. The van der Waals surface area contributed by atoms with Gasteiger partial charge in [-0.15, -0.1) is 0 Å². The third-order valence-electron chi connectivity index (χ3n) is 3.39. The van der Waals surface area contributed by atoms with Gasteiger partial charge in [-0.25, -0.2) is 9.97 Å². The molecule has 2 aromatic carbocycles. The van der Waals surface area contributed by atoms with Crippen LogP contribution in [0.3, 0.4) is 0 Å². The van der Waals surface area contributed by atoms with E-state index in [-0.39, 0.29) is 39.6 Å². The Morgan fingerprint density at radius 3 is 1.97 bits per heavy atom. The van der Waals surface area contributed by atoms with Crippen LogP contribution in [0.25, 0.3) is 21.5 Å². The quantitative estimate of drug-likeness (QED) is 0.108. The van der Waals surface area contributed by atoms with E-state index in [9.17, 15) is 0 Å². The first-order valence-electron chi connectivity index (χ1n) is 7.94. The summed E-state index contributed by atoms with van der Waals surface area (Å²) in [6.07, 6.45) is 0.225. The Bertz CT molecular complexity index is 1030. The number of pyridine rings is 2. The summed E-state index contributed by atoms with van der Waals surface area (Å²) in [4.78, 5) is 11.2. The average Bonchev–Trinajstić information content (AvgIpc) is 2.62. The van der Waals surface area contributed by atoms with Gasteiger partial charge in [0, 0.05) is 44.4 Å². The second-order valence-electron chi connectivity index (χ2n) is 5.23. The maximum Gasteiger partial charge on any atom is 0.125 e. The number of nitrogen functional groups attached to an aromatic ring is 2. The van der Waals surface area contributed by atoms with Gasteiger partial charge in [-0.2, -0.15) is 0 Å². The molecular formula is C21H23Br3IN4V-. The number of hydrogen-bond acceptors (Lipinski definition) is 4. The zero-order valence-electron chi connectivity index (χ0n) is 15.3. The number of rotatable bonds is 0. The van der Waals surface area contributed by atoms with Crippen molar-refractivity contribution in [2.45, 2.75) is 14.9 Å². The summed E-state index contributed by atoms with van der Waals surface area (Å²) in [5.74, 6) is 0.910. The molecule has 0 aliphatic carbocycles. The van der Waals surface area contributed by atoms with Crippen molar-refractivity contribution in [3.05, 3.63) is 73.2 Å². The SMILES string of the molecule is C.C.Nc1cc2cc(Br)ccc2c(Br)n1.[2H]c1nc(N)cc2cc(Br)ccc12.[CH2-]I.[V]. The summed E-state index contributed by atoms with van der Waals surface area (Å²) >= 11 is 12.0. The van der Waals surface area contributed by atoms with Crippen LogP contribution < -0.4 is 11.5 Å². The summed E-state index contributed by atoms with van der Waals surface area (Å²) in [7, 11) is 0. The van der Waals surface area contributed by atoms with Gasteiger partial charge in [0.2, 0.25) is 0 Å². The fourth-order valence-electron chi connectivity index (χ4n) is 2.28. The van der Waals surface area contributed by atoms with Gasteiger partial charge in [0.1, 0.15) is 16.2 Å². The van der Waals surface area contributed by atoms with Crippen molar-refractivity contribution in [2.75, 3.05) is 11.5 Å². The van der Waals surface area contributed by atoms with Crippen molar-refractivity contribution in [1.82, 2.24) is 9.97 Å². The molecule has 161 valence electrons. The second-order valence-corrected chi connectivity index (χ2v) is 7.81. The molecule has 0 aliphatic rings. The number of benzene rings is 2. The second kappa shape index (κ2) is 15.4. The molecule has 4 aromatic rings.